The molecule has 1 aromatic carbocycles. The fraction of sp³-hybridized carbons (Fsp3) is 0.562. The van der Waals surface area contributed by atoms with Gasteiger partial charge in [-0.05, 0) is 25.5 Å². The first kappa shape index (κ1) is 17.3. The van der Waals surface area contributed by atoms with Gasteiger partial charge in [0.25, 0.3) is 0 Å². The van der Waals surface area contributed by atoms with E-state index in [2.05, 4.69) is 23.9 Å². The Morgan fingerprint density at radius 2 is 1.95 bits per heavy atom. The van der Waals surface area contributed by atoms with Crippen LogP contribution in [0, 0.1) is 5.92 Å². The van der Waals surface area contributed by atoms with Crippen LogP contribution >= 0.6 is 0 Å². The van der Waals surface area contributed by atoms with Crippen LogP contribution in [0.2, 0.25) is 0 Å². The summed E-state index contributed by atoms with van der Waals surface area (Å²) in [5.41, 5.74) is 0.950. The van der Waals surface area contributed by atoms with Gasteiger partial charge in [-0.2, -0.15) is 0 Å². The van der Waals surface area contributed by atoms with Gasteiger partial charge in [0.1, 0.15) is 0 Å². The molecule has 1 atom stereocenters. The third-order valence-electron chi connectivity index (χ3n) is 2.98. The Labute approximate surface area is 126 Å². The highest BCUT2D eigenvalue weighted by molar-refractivity contribution is 5.74. The maximum Gasteiger partial charge on any atom is 0.346 e. The third kappa shape index (κ3) is 5.27. The summed E-state index contributed by atoms with van der Waals surface area (Å²) in [5.74, 6) is 1.33. The van der Waals surface area contributed by atoms with Gasteiger partial charge in [0.2, 0.25) is 0 Å². The van der Waals surface area contributed by atoms with Gasteiger partial charge in [-0.25, -0.2) is 4.79 Å². The molecule has 0 aliphatic heterocycles. The fourth-order valence-corrected chi connectivity index (χ4v) is 1.88. The maximum atomic E-state index is 11.5. The van der Waals surface area contributed by atoms with Crippen LogP contribution in [0.3, 0.4) is 0 Å². The predicted molar refractivity (Wildman–Crippen MR) is 81.6 cm³/mol. The van der Waals surface area contributed by atoms with E-state index in [0.29, 0.717) is 24.0 Å². The van der Waals surface area contributed by atoms with Gasteiger partial charge in [-0.1, -0.05) is 26.0 Å². The number of benzene rings is 1. The smallest absolute Gasteiger partial charge is 0.346 e. The number of ether oxygens (including phenoxy) is 3. The number of carbonyl (C=O) groups excluding carboxylic acids is 1. The van der Waals surface area contributed by atoms with E-state index in [1.165, 1.54) is 7.11 Å². The van der Waals surface area contributed by atoms with E-state index in [1.807, 2.05) is 18.2 Å². The molecule has 0 aliphatic carbocycles. The zero-order valence-electron chi connectivity index (χ0n) is 13.4. The van der Waals surface area contributed by atoms with Gasteiger partial charge in [0, 0.05) is 12.1 Å². The monoisotopic (exact) mass is 295 g/mol. The van der Waals surface area contributed by atoms with E-state index in [0.717, 1.165) is 12.1 Å². The van der Waals surface area contributed by atoms with Crippen LogP contribution in [0.1, 0.15) is 26.3 Å². The van der Waals surface area contributed by atoms with Gasteiger partial charge < -0.3 is 19.5 Å². The van der Waals surface area contributed by atoms with Gasteiger partial charge in [-0.15, -0.1) is 0 Å². The van der Waals surface area contributed by atoms with Crippen LogP contribution in [-0.2, 0) is 16.1 Å². The molecule has 0 aromatic heterocycles. The van der Waals surface area contributed by atoms with Crippen molar-refractivity contribution in [3.05, 3.63) is 23.8 Å². The second-order valence-corrected chi connectivity index (χ2v) is 5.26. The van der Waals surface area contributed by atoms with Crippen molar-refractivity contribution < 1.29 is 19.0 Å². The Morgan fingerprint density at radius 1 is 1.24 bits per heavy atom. The summed E-state index contributed by atoms with van der Waals surface area (Å²) in [4.78, 5) is 11.5. The van der Waals surface area contributed by atoms with E-state index < -0.39 is 12.1 Å². The molecule has 0 bridgehead atoms. The summed E-state index contributed by atoms with van der Waals surface area (Å²) in [6.45, 7) is 7.51. The molecule has 0 amide bonds. The van der Waals surface area contributed by atoms with E-state index in [1.54, 1.807) is 14.0 Å². The zero-order valence-corrected chi connectivity index (χ0v) is 13.4. The standard InChI is InChI=1S/C16H25NO4/c1-11(2)9-17-10-13-7-6-8-14(19-4)15(13)21-12(3)16(18)20-5/h6-8,11-12,17H,9-10H2,1-5H3. The molecule has 1 rings (SSSR count). The van der Waals surface area contributed by atoms with Crippen molar-refractivity contribution in [3.63, 3.8) is 0 Å². The normalized spacial score (nSPS) is 12.1. The van der Waals surface area contributed by atoms with E-state index in [9.17, 15) is 4.79 Å². The molecule has 0 aliphatic rings. The second kappa shape index (κ2) is 8.52. The molecule has 0 radical (unpaired) electrons. The van der Waals surface area contributed by atoms with Gasteiger partial charge in [0.15, 0.2) is 17.6 Å². The van der Waals surface area contributed by atoms with Crippen molar-refractivity contribution in [2.75, 3.05) is 20.8 Å². The number of methoxy groups -OCH3 is 2. The Bertz CT molecular complexity index is 460. The molecule has 5 nitrogen and oxygen atoms in total. The largest absolute Gasteiger partial charge is 0.493 e. The SMILES string of the molecule is COC(=O)C(C)Oc1c(CNCC(C)C)cccc1OC. The molecule has 1 aromatic rings. The number of nitrogens with one attached hydrogen (secondary N) is 1. The topological polar surface area (TPSA) is 56.8 Å². The molecule has 0 saturated carbocycles. The minimum absolute atomic E-state index is 0.415. The Hall–Kier alpha value is -1.75. The lowest BCUT2D eigenvalue weighted by molar-refractivity contribution is -0.147. The number of carbonyl (C=O) groups is 1. The van der Waals surface area contributed by atoms with Crippen LogP contribution in [0.5, 0.6) is 11.5 Å². The van der Waals surface area contributed by atoms with Crippen LogP contribution in [0.25, 0.3) is 0 Å². The van der Waals surface area contributed by atoms with Crippen molar-refractivity contribution in [2.24, 2.45) is 5.92 Å². The summed E-state index contributed by atoms with van der Waals surface area (Å²) in [7, 11) is 2.92. The van der Waals surface area contributed by atoms with Gasteiger partial charge in [0.05, 0.1) is 14.2 Å². The third-order valence-corrected chi connectivity index (χ3v) is 2.98. The van der Waals surface area contributed by atoms with Crippen LogP contribution < -0.4 is 14.8 Å². The summed E-state index contributed by atoms with van der Waals surface area (Å²) >= 11 is 0. The highest BCUT2D eigenvalue weighted by Gasteiger charge is 2.19. The van der Waals surface area contributed by atoms with Crippen molar-refractivity contribution in [1.82, 2.24) is 5.32 Å². The van der Waals surface area contributed by atoms with Crippen molar-refractivity contribution in [3.8, 4) is 11.5 Å². The first-order valence-corrected chi connectivity index (χ1v) is 7.10. The molecule has 0 fully saturated rings. The maximum absolute atomic E-state index is 11.5. The average Bonchev–Trinajstić information content (AvgIpc) is 2.47. The summed E-state index contributed by atoms with van der Waals surface area (Å²) in [6, 6.07) is 5.67. The number of hydrogen-bond donors (Lipinski definition) is 1. The minimum atomic E-state index is -0.685. The lowest BCUT2D eigenvalue weighted by atomic mass is 10.1. The van der Waals surface area contributed by atoms with E-state index in [4.69, 9.17) is 9.47 Å². The van der Waals surface area contributed by atoms with Crippen LogP contribution in [0.15, 0.2) is 18.2 Å². The van der Waals surface area contributed by atoms with Crippen LogP contribution in [-0.4, -0.2) is 32.8 Å². The number of para-hydroxylation sites is 1. The molecule has 0 saturated heterocycles. The quantitative estimate of drug-likeness (QED) is 0.746. The van der Waals surface area contributed by atoms with Gasteiger partial charge >= 0.3 is 5.97 Å². The molecule has 0 spiro atoms. The zero-order chi connectivity index (χ0) is 15.8. The number of esters is 1. The summed E-state index contributed by atoms with van der Waals surface area (Å²) in [6.07, 6.45) is -0.685. The number of hydrogen-bond acceptors (Lipinski definition) is 5. The molecular weight excluding hydrogens is 270 g/mol. The van der Waals surface area contributed by atoms with Gasteiger partial charge in [-0.3, -0.25) is 0 Å². The second-order valence-electron chi connectivity index (χ2n) is 5.26. The summed E-state index contributed by atoms with van der Waals surface area (Å²) in [5, 5.41) is 3.36. The summed E-state index contributed by atoms with van der Waals surface area (Å²) < 4.78 is 15.8. The minimum Gasteiger partial charge on any atom is -0.493 e. The van der Waals surface area contributed by atoms with Crippen molar-refractivity contribution in [2.45, 2.75) is 33.4 Å². The molecule has 1 unspecified atom stereocenters. The average molecular weight is 295 g/mol. The molecule has 5 heteroatoms. The highest BCUT2D eigenvalue weighted by atomic mass is 16.6. The molecule has 0 heterocycles. The first-order valence-electron chi connectivity index (χ1n) is 7.10. The Balaban J connectivity index is 2.89. The van der Waals surface area contributed by atoms with Crippen molar-refractivity contribution in [1.29, 1.82) is 0 Å². The predicted octanol–water partition coefficient (Wildman–Crippen LogP) is 2.38. The lowest BCUT2D eigenvalue weighted by Crippen LogP contribution is -2.26. The Morgan fingerprint density at radius 3 is 2.52 bits per heavy atom. The molecular formula is C16H25NO4. The molecule has 21 heavy (non-hydrogen) atoms. The first-order chi connectivity index (χ1) is 9.99. The fourth-order valence-electron chi connectivity index (χ4n) is 1.88. The molecule has 118 valence electrons. The Kier molecular flexibility index (Phi) is 7.02. The van der Waals surface area contributed by atoms with E-state index >= 15 is 0 Å². The lowest BCUT2D eigenvalue weighted by Gasteiger charge is -2.19. The van der Waals surface area contributed by atoms with Crippen molar-refractivity contribution >= 4 is 5.97 Å². The highest BCUT2D eigenvalue weighted by Crippen LogP contribution is 2.32. The van der Waals surface area contributed by atoms with E-state index in [-0.39, 0.29) is 0 Å². The molecule has 1 N–H and O–H groups in total. The van der Waals surface area contributed by atoms with Crippen LogP contribution in [0.4, 0.5) is 0 Å². The number of rotatable bonds is 8.